The Hall–Kier alpha value is -2.56. The molecule has 0 fully saturated rings. The van der Waals surface area contributed by atoms with Crippen LogP contribution in [0.25, 0.3) is 5.52 Å². The molecule has 0 spiro atoms. The second-order valence-electron chi connectivity index (χ2n) is 6.00. The second-order valence-corrected chi connectivity index (χ2v) is 6.00. The van der Waals surface area contributed by atoms with Gasteiger partial charge >= 0.3 is 0 Å². The van der Waals surface area contributed by atoms with Crippen molar-refractivity contribution in [2.24, 2.45) is 0 Å². The van der Waals surface area contributed by atoms with Gasteiger partial charge in [-0.15, -0.1) is 0 Å². The number of aromatic amines is 1. The highest BCUT2D eigenvalue weighted by atomic mass is 16.1. The van der Waals surface area contributed by atoms with Crippen LogP contribution in [-0.2, 0) is 12.8 Å². The molecule has 1 unspecified atom stereocenters. The van der Waals surface area contributed by atoms with Crippen molar-refractivity contribution in [1.29, 1.82) is 0 Å². The number of hydrogen-bond donors (Lipinski definition) is 2. The quantitative estimate of drug-likeness (QED) is 0.761. The molecule has 0 aliphatic heterocycles. The van der Waals surface area contributed by atoms with E-state index in [0.717, 1.165) is 30.5 Å². The van der Waals surface area contributed by atoms with E-state index in [0.29, 0.717) is 5.56 Å². The average molecular weight is 294 g/mol. The van der Waals surface area contributed by atoms with E-state index in [4.69, 9.17) is 0 Å². The molecule has 3 heterocycles. The third-order valence-corrected chi connectivity index (χ3v) is 4.46. The Balaban J connectivity index is 1.53. The molecule has 0 bridgehead atoms. The topological polar surface area (TPSA) is 62.2 Å². The molecule has 0 saturated heterocycles. The van der Waals surface area contributed by atoms with Crippen LogP contribution in [0.3, 0.4) is 0 Å². The van der Waals surface area contributed by atoms with Crippen LogP contribution in [0, 0.1) is 6.92 Å². The minimum atomic E-state index is -0.00364. The number of amides is 1. The van der Waals surface area contributed by atoms with E-state index in [1.807, 2.05) is 35.1 Å². The monoisotopic (exact) mass is 294 g/mol. The Morgan fingerprint density at radius 3 is 3.27 bits per heavy atom. The van der Waals surface area contributed by atoms with E-state index < -0.39 is 0 Å². The fourth-order valence-electron chi connectivity index (χ4n) is 3.21. The van der Waals surface area contributed by atoms with Crippen molar-refractivity contribution in [2.75, 3.05) is 0 Å². The summed E-state index contributed by atoms with van der Waals surface area (Å²) in [5.41, 5.74) is 5.38. The van der Waals surface area contributed by atoms with E-state index >= 15 is 0 Å². The van der Waals surface area contributed by atoms with Crippen LogP contribution in [0.15, 0.2) is 36.8 Å². The fraction of sp³-hybridized carbons (Fsp3) is 0.294. The molecule has 22 heavy (non-hydrogen) atoms. The molecular weight excluding hydrogens is 276 g/mol. The molecule has 0 radical (unpaired) electrons. The highest BCUT2D eigenvalue weighted by Crippen LogP contribution is 2.20. The van der Waals surface area contributed by atoms with Gasteiger partial charge in [0, 0.05) is 36.1 Å². The number of aromatic nitrogens is 3. The number of nitrogens with zero attached hydrogens (tertiary/aromatic N) is 2. The van der Waals surface area contributed by atoms with Gasteiger partial charge in [-0.25, -0.2) is 0 Å². The Morgan fingerprint density at radius 2 is 2.41 bits per heavy atom. The predicted molar refractivity (Wildman–Crippen MR) is 84.0 cm³/mol. The van der Waals surface area contributed by atoms with Gasteiger partial charge in [0.1, 0.15) is 0 Å². The zero-order valence-corrected chi connectivity index (χ0v) is 12.5. The average Bonchev–Trinajstić information content (AvgIpc) is 3.13. The summed E-state index contributed by atoms with van der Waals surface area (Å²) in [6.45, 7) is 2.05. The Kier molecular flexibility index (Phi) is 2.99. The lowest BCUT2D eigenvalue weighted by Gasteiger charge is -2.22. The largest absolute Gasteiger partial charge is 0.349 e. The minimum Gasteiger partial charge on any atom is -0.349 e. The Labute approximate surface area is 128 Å². The summed E-state index contributed by atoms with van der Waals surface area (Å²) in [5.74, 6) is -0.00364. The van der Waals surface area contributed by atoms with E-state index in [-0.39, 0.29) is 11.9 Å². The molecule has 1 amide bonds. The van der Waals surface area contributed by atoms with Gasteiger partial charge in [0.15, 0.2) is 0 Å². The maximum absolute atomic E-state index is 12.5. The number of aryl methyl sites for hydroxylation is 2. The summed E-state index contributed by atoms with van der Waals surface area (Å²) in [7, 11) is 0. The summed E-state index contributed by atoms with van der Waals surface area (Å²) in [6, 6.07) is 6.17. The molecule has 5 heteroatoms. The van der Waals surface area contributed by atoms with Gasteiger partial charge < -0.3 is 9.72 Å². The number of hydrogen-bond acceptors (Lipinski definition) is 2. The number of fused-ring (bicyclic) bond motifs is 2. The number of carbonyl (C=O) groups excluding carboxylic acids is 1. The normalized spacial score (nSPS) is 17.4. The van der Waals surface area contributed by atoms with E-state index in [9.17, 15) is 4.79 Å². The third-order valence-electron chi connectivity index (χ3n) is 4.46. The van der Waals surface area contributed by atoms with Crippen molar-refractivity contribution in [2.45, 2.75) is 32.2 Å². The predicted octanol–water partition coefficient (Wildman–Crippen LogP) is 2.26. The first-order valence-electron chi connectivity index (χ1n) is 7.60. The van der Waals surface area contributed by atoms with E-state index in [2.05, 4.69) is 28.5 Å². The molecule has 1 atom stereocenters. The number of carbonyl (C=O) groups is 1. The number of pyridine rings is 1. The standard InChI is InChI=1S/C17H18N4O/c1-11-3-2-6-21-10-13(7-16(11)21)17(22)19-14-5-4-12-9-18-20-15(12)8-14/h2-3,6-7,9-10,14H,4-5,8H2,1H3,(H,18,20)(H,19,22). The van der Waals surface area contributed by atoms with Crippen LogP contribution in [-0.4, -0.2) is 26.5 Å². The summed E-state index contributed by atoms with van der Waals surface area (Å²) < 4.78 is 2.00. The van der Waals surface area contributed by atoms with Crippen molar-refractivity contribution in [3.63, 3.8) is 0 Å². The highest BCUT2D eigenvalue weighted by Gasteiger charge is 2.22. The Morgan fingerprint density at radius 1 is 1.50 bits per heavy atom. The van der Waals surface area contributed by atoms with Gasteiger partial charge in [-0.3, -0.25) is 9.89 Å². The van der Waals surface area contributed by atoms with Crippen LogP contribution in [0.4, 0.5) is 0 Å². The van der Waals surface area contributed by atoms with Gasteiger partial charge in [0.05, 0.1) is 11.8 Å². The zero-order valence-electron chi connectivity index (χ0n) is 12.5. The second kappa shape index (κ2) is 5.02. The van der Waals surface area contributed by atoms with Crippen LogP contribution in [0.2, 0.25) is 0 Å². The summed E-state index contributed by atoms with van der Waals surface area (Å²) in [5, 5.41) is 10.2. The van der Waals surface area contributed by atoms with E-state index in [1.54, 1.807) is 0 Å². The molecule has 3 aromatic heterocycles. The lowest BCUT2D eigenvalue weighted by atomic mass is 9.93. The lowest BCUT2D eigenvalue weighted by molar-refractivity contribution is 0.0933. The van der Waals surface area contributed by atoms with Crippen molar-refractivity contribution < 1.29 is 4.79 Å². The number of H-pyrrole nitrogens is 1. The highest BCUT2D eigenvalue weighted by molar-refractivity contribution is 5.96. The van der Waals surface area contributed by atoms with Gasteiger partial charge in [0.25, 0.3) is 5.91 Å². The van der Waals surface area contributed by atoms with Crippen molar-refractivity contribution in [1.82, 2.24) is 19.9 Å². The zero-order chi connectivity index (χ0) is 15.1. The first-order chi connectivity index (χ1) is 10.7. The summed E-state index contributed by atoms with van der Waals surface area (Å²) in [6.07, 6.45) is 8.50. The van der Waals surface area contributed by atoms with Crippen LogP contribution in [0.1, 0.15) is 33.6 Å². The maximum Gasteiger partial charge on any atom is 0.253 e. The Bertz CT molecular complexity index is 845. The molecule has 4 rings (SSSR count). The number of rotatable bonds is 2. The summed E-state index contributed by atoms with van der Waals surface area (Å²) >= 11 is 0. The molecular formula is C17H18N4O. The maximum atomic E-state index is 12.5. The first-order valence-corrected chi connectivity index (χ1v) is 7.60. The third kappa shape index (κ3) is 2.19. The molecule has 0 saturated carbocycles. The minimum absolute atomic E-state index is 0.00364. The molecule has 3 aromatic rings. The van der Waals surface area contributed by atoms with Crippen LogP contribution in [0.5, 0.6) is 0 Å². The first kappa shape index (κ1) is 13.1. The van der Waals surface area contributed by atoms with E-state index in [1.165, 1.54) is 11.1 Å². The molecule has 0 aromatic carbocycles. The molecule has 1 aliphatic carbocycles. The van der Waals surface area contributed by atoms with Crippen molar-refractivity contribution in [3.05, 3.63) is 59.2 Å². The number of nitrogens with one attached hydrogen (secondary N) is 2. The SMILES string of the molecule is Cc1cccn2cc(C(=O)NC3CCc4cn[nH]c4C3)cc12. The van der Waals surface area contributed by atoms with Crippen LogP contribution < -0.4 is 5.32 Å². The molecule has 5 nitrogen and oxygen atoms in total. The smallest absolute Gasteiger partial charge is 0.253 e. The molecule has 112 valence electrons. The van der Waals surface area contributed by atoms with Gasteiger partial charge in [-0.2, -0.15) is 5.10 Å². The van der Waals surface area contributed by atoms with Crippen molar-refractivity contribution in [3.8, 4) is 0 Å². The molecule has 1 aliphatic rings. The molecule has 2 N–H and O–H groups in total. The lowest BCUT2D eigenvalue weighted by Crippen LogP contribution is -2.38. The van der Waals surface area contributed by atoms with Gasteiger partial charge in [-0.05, 0) is 43.0 Å². The summed E-state index contributed by atoms with van der Waals surface area (Å²) in [4.78, 5) is 12.5. The van der Waals surface area contributed by atoms with Gasteiger partial charge in [-0.1, -0.05) is 6.07 Å². The fourth-order valence-corrected chi connectivity index (χ4v) is 3.21. The van der Waals surface area contributed by atoms with Crippen molar-refractivity contribution >= 4 is 11.4 Å². The van der Waals surface area contributed by atoms with Gasteiger partial charge in [0.2, 0.25) is 0 Å². The van der Waals surface area contributed by atoms with Crippen LogP contribution >= 0.6 is 0 Å².